The Kier molecular flexibility index (Phi) is 5.54. The fourth-order valence-electron chi connectivity index (χ4n) is 1.94. The van der Waals surface area contributed by atoms with Gasteiger partial charge in [0.05, 0.1) is 6.10 Å². The van der Waals surface area contributed by atoms with Gasteiger partial charge in [0.15, 0.2) is 0 Å². The average molecular weight is 290 g/mol. The third-order valence-corrected chi connectivity index (χ3v) is 4.43. The molecule has 19 heavy (non-hydrogen) atoms. The molecule has 0 bridgehead atoms. The first-order valence-electron chi connectivity index (χ1n) is 6.23. The smallest absolute Gasteiger partial charge is 0.244 e. The summed E-state index contributed by atoms with van der Waals surface area (Å²) in [4.78, 5) is 0.149. The standard InChI is InChI=1S/C12H22N2O4S/c1-5-17-8(2)7-14-19(15,16)12-10(4)18-9(3)11(12)6-13/h8,14H,5-7,13H2,1-4H3. The number of ether oxygens (including phenoxy) is 1. The molecule has 0 saturated heterocycles. The van der Waals surface area contributed by atoms with Crippen molar-refractivity contribution in [3.05, 3.63) is 17.1 Å². The highest BCUT2D eigenvalue weighted by atomic mass is 32.2. The lowest BCUT2D eigenvalue weighted by molar-refractivity contribution is 0.0799. The molecule has 0 aliphatic rings. The van der Waals surface area contributed by atoms with Crippen LogP contribution in [-0.4, -0.2) is 27.7 Å². The maximum atomic E-state index is 12.3. The highest BCUT2D eigenvalue weighted by Gasteiger charge is 2.26. The predicted molar refractivity (Wildman–Crippen MR) is 72.3 cm³/mol. The zero-order valence-electron chi connectivity index (χ0n) is 11.8. The summed E-state index contributed by atoms with van der Waals surface area (Å²) in [5.74, 6) is 0.896. The van der Waals surface area contributed by atoms with E-state index in [0.717, 1.165) is 0 Å². The minimum Gasteiger partial charge on any atom is -0.465 e. The number of nitrogens with one attached hydrogen (secondary N) is 1. The van der Waals surface area contributed by atoms with E-state index in [-0.39, 0.29) is 24.1 Å². The van der Waals surface area contributed by atoms with Crippen LogP contribution >= 0.6 is 0 Å². The second kappa shape index (κ2) is 6.51. The molecule has 1 atom stereocenters. The number of hydrogen-bond acceptors (Lipinski definition) is 5. The van der Waals surface area contributed by atoms with Crippen molar-refractivity contribution in [1.82, 2.24) is 4.72 Å². The number of hydrogen-bond donors (Lipinski definition) is 2. The van der Waals surface area contributed by atoms with Gasteiger partial charge in [-0.3, -0.25) is 0 Å². The normalized spacial score (nSPS) is 13.7. The van der Waals surface area contributed by atoms with Crippen LogP contribution in [0, 0.1) is 13.8 Å². The second-order valence-corrected chi connectivity index (χ2v) is 6.05. The van der Waals surface area contributed by atoms with E-state index < -0.39 is 10.0 Å². The Morgan fingerprint density at radius 2 is 2.00 bits per heavy atom. The number of aryl methyl sites for hydroxylation is 2. The van der Waals surface area contributed by atoms with E-state index in [2.05, 4.69) is 4.72 Å². The van der Waals surface area contributed by atoms with Gasteiger partial charge in [0.2, 0.25) is 10.0 Å². The van der Waals surface area contributed by atoms with Crippen LogP contribution in [0.5, 0.6) is 0 Å². The Hall–Kier alpha value is -0.890. The Labute approximate surface area is 114 Å². The zero-order valence-corrected chi connectivity index (χ0v) is 12.6. The molecule has 0 amide bonds. The Balaban J connectivity index is 2.95. The lowest BCUT2D eigenvalue weighted by Gasteiger charge is -2.13. The first-order chi connectivity index (χ1) is 8.83. The lowest BCUT2D eigenvalue weighted by atomic mass is 10.2. The number of furan rings is 1. The van der Waals surface area contributed by atoms with Crippen LogP contribution in [0.4, 0.5) is 0 Å². The van der Waals surface area contributed by atoms with Gasteiger partial charge in [-0.2, -0.15) is 0 Å². The molecule has 7 heteroatoms. The molecule has 0 aliphatic carbocycles. The van der Waals surface area contributed by atoms with Gasteiger partial charge >= 0.3 is 0 Å². The summed E-state index contributed by atoms with van der Waals surface area (Å²) in [6.07, 6.45) is -0.186. The molecule has 0 aliphatic heterocycles. The molecule has 0 saturated carbocycles. The van der Waals surface area contributed by atoms with Gasteiger partial charge in [0.1, 0.15) is 16.4 Å². The summed E-state index contributed by atoms with van der Waals surface area (Å²) in [7, 11) is -3.63. The van der Waals surface area contributed by atoms with Crippen LogP contribution in [0.2, 0.25) is 0 Å². The van der Waals surface area contributed by atoms with Crippen molar-refractivity contribution in [2.24, 2.45) is 5.73 Å². The highest BCUT2D eigenvalue weighted by Crippen LogP contribution is 2.25. The summed E-state index contributed by atoms with van der Waals surface area (Å²) < 4.78 is 37.7. The van der Waals surface area contributed by atoms with Gasteiger partial charge in [-0.25, -0.2) is 13.1 Å². The van der Waals surface area contributed by atoms with Crippen molar-refractivity contribution in [3.63, 3.8) is 0 Å². The van der Waals surface area contributed by atoms with Gasteiger partial charge in [0, 0.05) is 25.3 Å². The van der Waals surface area contributed by atoms with Crippen LogP contribution in [-0.2, 0) is 21.3 Å². The Bertz CT molecular complexity index is 522. The summed E-state index contributed by atoms with van der Waals surface area (Å²) in [5, 5.41) is 0. The van der Waals surface area contributed by atoms with E-state index in [1.807, 2.05) is 13.8 Å². The Morgan fingerprint density at radius 1 is 1.37 bits per heavy atom. The molecule has 6 nitrogen and oxygen atoms in total. The number of nitrogens with two attached hydrogens (primary N) is 1. The summed E-state index contributed by atoms with van der Waals surface area (Å²) in [5.41, 5.74) is 6.11. The molecular weight excluding hydrogens is 268 g/mol. The van der Waals surface area contributed by atoms with Gasteiger partial charge in [-0.05, 0) is 27.7 Å². The fourth-order valence-corrected chi connectivity index (χ4v) is 3.51. The molecule has 1 heterocycles. The van der Waals surface area contributed by atoms with Crippen LogP contribution in [0.1, 0.15) is 30.9 Å². The molecule has 0 aromatic carbocycles. The van der Waals surface area contributed by atoms with Crippen molar-refractivity contribution in [1.29, 1.82) is 0 Å². The third kappa shape index (κ3) is 3.79. The minimum absolute atomic E-state index is 0.125. The van der Waals surface area contributed by atoms with Crippen LogP contribution < -0.4 is 10.5 Å². The van der Waals surface area contributed by atoms with E-state index in [1.165, 1.54) is 0 Å². The topological polar surface area (TPSA) is 94.6 Å². The second-order valence-electron chi connectivity index (χ2n) is 4.34. The molecule has 1 aromatic heterocycles. The predicted octanol–water partition coefficient (Wildman–Crippen LogP) is 1.06. The maximum Gasteiger partial charge on any atom is 0.244 e. The first-order valence-corrected chi connectivity index (χ1v) is 7.72. The Morgan fingerprint density at radius 3 is 2.53 bits per heavy atom. The minimum atomic E-state index is -3.63. The molecular formula is C12H22N2O4S. The molecule has 0 radical (unpaired) electrons. The van der Waals surface area contributed by atoms with E-state index in [9.17, 15) is 8.42 Å². The molecule has 1 rings (SSSR count). The van der Waals surface area contributed by atoms with Gasteiger partial charge in [-0.15, -0.1) is 0 Å². The number of rotatable bonds is 7. The van der Waals surface area contributed by atoms with Crippen LogP contribution in [0.15, 0.2) is 9.31 Å². The van der Waals surface area contributed by atoms with Crippen molar-refractivity contribution in [3.8, 4) is 0 Å². The lowest BCUT2D eigenvalue weighted by Crippen LogP contribution is -2.33. The van der Waals surface area contributed by atoms with Gasteiger partial charge < -0.3 is 14.9 Å². The quantitative estimate of drug-likeness (QED) is 0.783. The monoisotopic (exact) mass is 290 g/mol. The van der Waals surface area contributed by atoms with Crippen molar-refractivity contribution in [2.75, 3.05) is 13.2 Å². The molecule has 1 unspecified atom stereocenters. The summed E-state index contributed by atoms with van der Waals surface area (Å²) in [6.45, 7) is 7.87. The average Bonchev–Trinajstić information content (AvgIpc) is 2.62. The number of sulfonamides is 1. The maximum absolute atomic E-state index is 12.3. The van der Waals surface area contributed by atoms with Crippen molar-refractivity contribution >= 4 is 10.0 Å². The van der Waals surface area contributed by atoms with Crippen LogP contribution in [0.3, 0.4) is 0 Å². The van der Waals surface area contributed by atoms with E-state index in [0.29, 0.717) is 23.7 Å². The summed E-state index contributed by atoms with van der Waals surface area (Å²) in [6, 6.07) is 0. The fraction of sp³-hybridized carbons (Fsp3) is 0.667. The van der Waals surface area contributed by atoms with E-state index in [4.69, 9.17) is 14.9 Å². The van der Waals surface area contributed by atoms with Crippen molar-refractivity contribution in [2.45, 2.75) is 45.2 Å². The third-order valence-electron chi connectivity index (χ3n) is 2.81. The van der Waals surface area contributed by atoms with E-state index >= 15 is 0 Å². The van der Waals surface area contributed by atoms with Gasteiger partial charge in [-0.1, -0.05) is 0 Å². The summed E-state index contributed by atoms with van der Waals surface area (Å²) >= 11 is 0. The zero-order chi connectivity index (χ0) is 14.6. The van der Waals surface area contributed by atoms with Crippen molar-refractivity contribution < 1.29 is 17.6 Å². The van der Waals surface area contributed by atoms with Gasteiger partial charge in [0.25, 0.3) is 0 Å². The SMILES string of the molecule is CCOC(C)CNS(=O)(=O)c1c(C)oc(C)c1CN. The first kappa shape index (κ1) is 16.2. The molecule has 3 N–H and O–H groups in total. The molecule has 0 fully saturated rings. The van der Waals surface area contributed by atoms with Crippen LogP contribution in [0.25, 0.3) is 0 Å². The van der Waals surface area contributed by atoms with E-state index in [1.54, 1.807) is 13.8 Å². The molecule has 110 valence electrons. The molecule has 1 aromatic rings. The highest BCUT2D eigenvalue weighted by molar-refractivity contribution is 7.89. The molecule has 0 spiro atoms. The largest absolute Gasteiger partial charge is 0.465 e.